The lowest BCUT2D eigenvalue weighted by Gasteiger charge is -2.25. The van der Waals surface area contributed by atoms with Gasteiger partial charge in [-0.25, -0.2) is 14.4 Å². The zero-order chi connectivity index (χ0) is 28.8. The first-order chi connectivity index (χ1) is 19.1. The molecule has 0 heterocycles. The molecule has 0 spiro atoms. The zero-order valence-corrected chi connectivity index (χ0v) is 21.5. The predicted molar refractivity (Wildman–Crippen MR) is 145 cm³/mol. The molecule has 10 heteroatoms. The fraction of sp³-hybridized carbons (Fsp3) is 0.0667. The number of rotatable bonds is 10. The number of carboxylic acid groups (broad SMARTS) is 3. The van der Waals surface area contributed by atoms with Crippen molar-refractivity contribution in [3.63, 3.8) is 0 Å². The average Bonchev–Trinajstić information content (AvgIpc) is 2.94. The highest BCUT2D eigenvalue weighted by Crippen LogP contribution is 2.31. The van der Waals surface area contributed by atoms with E-state index in [1.807, 2.05) is 18.2 Å². The van der Waals surface area contributed by atoms with Crippen LogP contribution in [-0.2, 0) is 13.1 Å². The highest BCUT2D eigenvalue weighted by Gasteiger charge is 2.28. The van der Waals surface area contributed by atoms with Crippen LogP contribution in [0.4, 0.5) is 0 Å². The molecule has 0 aliphatic rings. The van der Waals surface area contributed by atoms with Crippen molar-refractivity contribution >= 4 is 35.4 Å². The molecule has 4 aromatic rings. The summed E-state index contributed by atoms with van der Waals surface area (Å²) in [7, 11) is 0. The maximum absolute atomic E-state index is 13.8. The first-order valence-corrected chi connectivity index (χ1v) is 12.2. The number of ether oxygens (including phenoxy) is 1. The third-order valence-electron chi connectivity index (χ3n) is 5.92. The molecule has 0 bridgehead atoms. The third-order valence-corrected chi connectivity index (χ3v) is 6.22. The molecule has 1 amide bonds. The molecule has 9 nitrogen and oxygen atoms in total. The number of carbonyl (C=O) groups is 4. The van der Waals surface area contributed by atoms with Crippen molar-refractivity contribution in [1.29, 1.82) is 0 Å². The summed E-state index contributed by atoms with van der Waals surface area (Å²) in [5, 5.41) is 29.0. The third kappa shape index (κ3) is 6.46. The van der Waals surface area contributed by atoms with Crippen molar-refractivity contribution in [3.8, 4) is 11.5 Å². The maximum atomic E-state index is 13.8. The number of hydrogen-bond acceptors (Lipinski definition) is 5. The minimum atomic E-state index is -1.63. The molecular weight excluding hydrogens is 538 g/mol. The second kappa shape index (κ2) is 12.1. The van der Waals surface area contributed by atoms with E-state index in [2.05, 4.69) is 0 Å². The Morgan fingerprint density at radius 1 is 0.625 bits per heavy atom. The number of halogens is 1. The van der Waals surface area contributed by atoms with E-state index in [0.29, 0.717) is 23.1 Å². The van der Waals surface area contributed by atoms with Crippen LogP contribution in [0.2, 0.25) is 5.02 Å². The Kier molecular flexibility index (Phi) is 8.46. The fourth-order valence-electron chi connectivity index (χ4n) is 4.04. The molecule has 202 valence electrons. The zero-order valence-electron chi connectivity index (χ0n) is 20.8. The van der Waals surface area contributed by atoms with Crippen LogP contribution in [0.5, 0.6) is 11.5 Å². The van der Waals surface area contributed by atoms with Gasteiger partial charge in [-0.15, -0.1) is 0 Å². The van der Waals surface area contributed by atoms with E-state index in [0.717, 1.165) is 11.6 Å². The molecule has 0 saturated heterocycles. The second-order valence-electron chi connectivity index (χ2n) is 8.69. The molecule has 0 fully saturated rings. The Morgan fingerprint density at radius 3 is 1.68 bits per heavy atom. The van der Waals surface area contributed by atoms with E-state index in [1.54, 1.807) is 60.7 Å². The minimum Gasteiger partial charge on any atom is -0.478 e. The highest BCUT2D eigenvalue weighted by atomic mass is 35.5. The molecule has 40 heavy (non-hydrogen) atoms. The fourth-order valence-corrected chi connectivity index (χ4v) is 4.28. The van der Waals surface area contributed by atoms with Gasteiger partial charge in [-0.1, -0.05) is 66.2 Å². The molecule has 0 aliphatic carbocycles. The quantitative estimate of drug-likeness (QED) is 0.212. The van der Waals surface area contributed by atoms with E-state index < -0.39 is 46.1 Å². The summed E-state index contributed by atoms with van der Waals surface area (Å²) < 4.78 is 5.81. The number of aromatic carboxylic acids is 3. The van der Waals surface area contributed by atoms with Crippen LogP contribution in [0.1, 0.15) is 52.6 Å². The topological polar surface area (TPSA) is 141 Å². The van der Waals surface area contributed by atoms with Gasteiger partial charge in [-0.3, -0.25) is 4.79 Å². The van der Waals surface area contributed by atoms with Gasteiger partial charge >= 0.3 is 17.9 Å². The summed E-state index contributed by atoms with van der Waals surface area (Å²) in [6.45, 7) is 0.0168. The molecule has 0 unspecified atom stereocenters. The average molecular weight is 560 g/mol. The lowest BCUT2D eigenvalue weighted by molar-refractivity contribution is 0.0643. The van der Waals surface area contributed by atoms with E-state index in [4.69, 9.17) is 16.3 Å². The second-order valence-corrected chi connectivity index (χ2v) is 9.09. The number of carboxylic acids is 3. The van der Waals surface area contributed by atoms with Crippen LogP contribution < -0.4 is 4.74 Å². The van der Waals surface area contributed by atoms with E-state index in [9.17, 15) is 34.5 Å². The molecule has 3 N–H and O–H groups in total. The summed E-state index contributed by atoms with van der Waals surface area (Å²) in [5.41, 5.74) is -1.21. The van der Waals surface area contributed by atoms with Gasteiger partial charge in [-0.05, 0) is 47.5 Å². The van der Waals surface area contributed by atoms with Crippen LogP contribution in [0.25, 0.3) is 0 Å². The van der Waals surface area contributed by atoms with Gasteiger partial charge in [0.05, 0.1) is 27.3 Å². The lowest BCUT2D eigenvalue weighted by Crippen LogP contribution is -2.32. The summed E-state index contributed by atoms with van der Waals surface area (Å²) in [6, 6.07) is 24.3. The van der Waals surface area contributed by atoms with Gasteiger partial charge in [0, 0.05) is 13.1 Å². The number of carbonyl (C=O) groups excluding carboxylic acids is 1. The molecule has 0 aliphatic heterocycles. The van der Waals surface area contributed by atoms with E-state index in [1.165, 1.54) is 4.90 Å². The number of nitrogens with zero attached hydrogens (tertiary/aromatic N) is 1. The first kappa shape index (κ1) is 27.9. The Bertz CT molecular complexity index is 1590. The van der Waals surface area contributed by atoms with Crippen molar-refractivity contribution in [2.75, 3.05) is 0 Å². The Hall–Kier alpha value is -5.15. The molecule has 4 rings (SSSR count). The Balaban J connectivity index is 1.73. The van der Waals surface area contributed by atoms with Crippen LogP contribution in [0, 0.1) is 0 Å². The van der Waals surface area contributed by atoms with Gasteiger partial charge in [-0.2, -0.15) is 0 Å². The SMILES string of the molecule is O=C(O)c1cc(C(=O)O)c(C(=O)N(Cc2ccccc2)Cc2ccc(Oc3ccccc3)c(Cl)c2)cc1C(=O)O. The van der Waals surface area contributed by atoms with Crippen molar-refractivity contribution in [2.24, 2.45) is 0 Å². The summed E-state index contributed by atoms with van der Waals surface area (Å²) in [4.78, 5) is 50.5. The Labute approximate surface area is 233 Å². The number of para-hydroxylation sites is 1. The number of hydrogen-bond donors (Lipinski definition) is 3. The van der Waals surface area contributed by atoms with Crippen molar-refractivity contribution in [2.45, 2.75) is 13.1 Å². The lowest BCUT2D eigenvalue weighted by atomic mass is 9.96. The molecular formula is C30H22ClNO8. The number of amides is 1. The standard InChI is InChI=1S/C30H22ClNO8/c31-25-13-19(11-12-26(25)40-20-9-5-2-6-10-20)17-32(16-18-7-3-1-4-8-18)27(33)21-14-23(29(36)37)24(30(38)39)15-22(21)28(34)35/h1-15H,16-17H2,(H,34,35)(H,36,37)(H,38,39). The molecule has 0 atom stereocenters. The Morgan fingerprint density at radius 2 is 1.12 bits per heavy atom. The largest absolute Gasteiger partial charge is 0.478 e. The molecule has 4 aromatic carbocycles. The highest BCUT2D eigenvalue weighted by molar-refractivity contribution is 6.32. The summed E-state index contributed by atoms with van der Waals surface area (Å²) in [6.07, 6.45) is 0. The minimum absolute atomic E-state index is 0.0266. The van der Waals surface area contributed by atoms with Gasteiger partial charge in [0.25, 0.3) is 5.91 Å². The number of benzene rings is 4. The normalized spacial score (nSPS) is 10.5. The summed E-state index contributed by atoms with van der Waals surface area (Å²) >= 11 is 6.46. The molecule has 0 radical (unpaired) electrons. The molecule has 0 aromatic heterocycles. The van der Waals surface area contributed by atoms with Crippen molar-refractivity contribution < 1.29 is 39.2 Å². The first-order valence-electron chi connectivity index (χ1n) is 11.9. The van der Waals surface area contributed by atoms with Crippen LogP contribution >= 0.6 is 11.6 Å². The van der Waals surface area contributed by atoms with Crippen molar-refractivity contribution in [1.82, 2.24) is 4.90 Å². The smallest absolute Gasteiger partial charge is 0.336 e. The van der Waals surface area contributed by atoms with Crippen LogP contribution in [-0.4, -0.2) is 44.0 Å². The van der Waals surface area contributed by atoms with Crippen LogP contribution in [0.15, 0.2) is 91.0 Å². The monoisotopic (exact) mass is 559 g/mol. The van der Waals surface area contributed by atoms with Crippen LogP contribution in [0.3, 0.4) is 0 Å². The van der Waals surface area contributed by atoms with Gasteiger partial charge < -0.3 is 25.0 Å². The van der Waals surface area contributed by atoms with Gasteiger partial charge in [0.15, 0.2) is 0 Å². The van der Waals surface area contributed by atoms with E-state index >= 15 is 0 Å². The van der Waals surface area contributed by atoms with Gasteiger partial charge in [0.2, 0.25) is 0 Å². The maximum Gasteiger partial charge on any atom is 0.336 e. The molecule has 0 saturated carbocycles. The van der Waals surface area contributed by atoms with E-state index in [-0.39, 0.29) is 18.1 Å². The van der Waals surface area contributed by atoms with Crippen molar-refractivity contribution in [3.05, 3.63) is 129 Å². The van der Waals surface area contributed by atoms with Gasteiger partial charge in [0.1, 0.15) is 11.5 Å². The predicted octanol–water partition coefficient (Wildman–Crippen LogP) is 6.07. The summed E-state index contributed by atoms with van der Waals surface area (Å²) in [5.74, 6) is -4.65.